The van der Waals surface area contributed by atoms with Crippen LogP contribution in [0, 0.1) is 0 Å². The molecule has 0 N–H and O–H groups in total. The Morgan fingerprint density at radius 3 is 1.54 bits per heavy atom. The van der Waals surface area contributed by atoms with Gasteiger partial charge in [0.15, 0.2) is 5.82 Å². The van der Waals surface area contributed by atoms with E-state index in [2.05, 4.69) is 126 Å². The summed E-state index contributed by atoms with van der Waals surface area (Å²) in [7, 11) is 0. The maximum absolute atomic E-state index is 5.02. The minimum atomic E-state index is 0.740. The van der Waals surface area contributed by atoms with Crippen LogP contribution in [0.25, 0.3) is 72.2 Å². The van der Waals surface area contributed by atoms with Crippen LogP contribution in [0.5, 0.6) is 0 Å². The first-order chi connectivity index (χ1) is 20.3. The zero-order valence-corrected chi connectivity index (χ0v) is 22.3. The average molecular weight is 524 g/mol. The molecule has 0 aliphatic rings. The lowest BCUT2D eigenvalue weighted by molar-refractivity contribution is 1.18. The summed E-state index contributed by atoms with van der Waals surface area (Å²) in [5, 5.41) is 3.60. The fourth-order valence-electron chi connectivity index (χ4n) is 5.84. The molecule has 0 spiro atoms. The quantitative estimate of drug-likeness (QED) is 0.230. The molecule has 8 rings (SSSR count). The Balaban J connectivity index is 1.17. The molecular formula is C38H25N3. The normalized spacial score (nSPS) is 11.4. The van der Waals surface area contributed by atoms with Crippen LogP contribution in [0.4, 0.5) is 0 Å². The molecule has 3 nitrogen and oxygen atoms in total. The van der Waals surface area contributed by atoms with Gasteiger partial charge in [-0.2, -0.15) is 0 Å². The first-order valence-electron chi connectivity index (χ1n) is 13.9. The minimum Gasteiger partial charge on any atom is -0.309 e. The highest BCUT2D eigenvalue weighted by Gasteiger charge is 2.13. The van der Waals surface area contributed by atoms with Crippen molar-refractivity contribution in [2.45, 2.75) is 0 Å². The van der Waals surface area contributed by atoms with Gasteiger partial charge in [-0.1, -0.05) is 121 Å². The van der Waals surface area contributed by atoms with Crippen molar-refractivity contribution in [3.8, 4) is 39.5 Å². The topological polar surface area (TPSA) is 30.7 Å². The zero-order chi connectivity index (χ0) is 27.2. The van der Waals surface area contributed by atoms with Crippen LogP contribution in [0.1, 0.15) is 0 Å². The molecule has 0 saturated heterocycles. The van der Waals surface area contributed by atoms with E-state index in [0.29, 0.717) is 0 Å². The predicted molar refractivity (Wildman–Crippen MR) is 170 cm³/mol. The van der Waals surface area contributed by atoms with E-state index in [-0.39, 0.29) is 0 Å². The Morgan fingerprint density at radius 2 is 0.878 bits per heavy atom. The summed E-state index contributed by atoms with van der Waals surface area (Å²) in [4.78, 5) is 9.87. The number of hydrogen-bond donors (Lipinski definition) is 0. The van der Waals surface area contributed by atoms with Gasteiger partial charge in [0.1, 0.15) is 0 Å². The first kappa shape index (κ1) is 23.4. The second-order valence-corrected chi connectivity index (χ2v) is 10.3. The lowest BCUT2D eigenvalue weighted by Gasteiger charge is -2.11. The number of aromatic nitrogens is 3. The van der Waals surface area contributed by atoms with Crippen LogP contribution < -0.4 is 0 Å². The molecule has 0 atom stereocenters. The fourth-order valence-corrected chi connectivity index (χ4v) is 5.84. The SMILES string of the molecule is c1ccc(-c2nc(-c3ccc(-c4ccc(-n5c6ccccc6c6ccccc65)cc4)cc3)c3ccccc3n2)cc1. The third-order valence-corrected chi connectivity index (χ3v) is 7.83. The molecule has 8 aromatic rings. The summed E-state index contributed by atoms with van der Waals surface area (Å²) in [5.74, 6) is 0.740. The van der Waals surface area contributed by atoms with Crippen LogP contribution in [-0.4, -0.2) is 14.5 Å². The van der Waals surface area contributed by atoms with E-state index in [9.17, 15) is 0 Å². The summed E-state index contributed by atoms with van der Waals surface area (Å²) < 4.78 is 2.35. The van der Waals surface area contributed by atoms with Gasteiger partial charge in [0.05, 0.1) is 22.2 Å². The lowest BCUT2D eigenvalue weighted by atomic mass is 10.0. The summed E-state index contributed by atoms with van der Waals surface area (Å²) in [5.41, 5.74) is 9.93. The molecule has 0 bridgehead atoms. The van der Waals surface area contributed by atoms with Crippen LogP contribution in [-0.2, 0) is 0 Å². The van der Waals surface area contributed by atoms with Gasteiger partial charge in [-0.15, -0.1) is 0 Å². The number of benzene rings is 6. The monoisotopic (exact) mass is 523 g/mol. The Hall–Kier alpha value is -5.54. The van der Waals surface area contributed by atoms with Crippen molar-refractivity contribution in [2.75, 3.05) is 0 Å². The third kappa shape index (κ3) is 3.98. The van der Waals surface area contributed by atoms with E-state index < -0.39 is 0 Å². The molecule has 2 heterocycles. The van der Waals surface area contributed by atoms with E-state index in [0.717, 1.165) is 39.2 Å². The molecule has 192 valence electrons. The second-order valence-electron chi connectivity index (χ2n) is 10.3. The summed E-state index contributed by atoms with van der Waals surface area (Å²) >= 11 is 0. The zero-order valence-electron chi connectivity index (χ0n) is 22.3. The van der Waals surface area contributed by atoms with Crippen molar-refractivity contribution in [1.29, 1.82) is 0 Å². The van der Waals surface area contributed by atoms with Gasteiger partial charge in [0, 0.05) is 33.0 Å². The van der Waals surface area contributed by atoms with E-state index in [1.807, 2.05) is 30.3 Å². The van der Waals surface area contributed by atoms with Gasteiger partial charge in [0.2, 0.25) is 0 Å². The number of para-hydroxylation sites is 3. The third-order valence-electron chi connectivity index (χ3n) is 7.83. The van der Waals surface area contributed by atoms with Gasteiger partial charge < -0.3 is 4.57 Å². The lowest BCUT2D eigenvalue weighted by Crippen LogP contribution is -1.95. The van der Waals surface area contributed by atoms with Crippen LogP contribution in [0.15, 0.2) is 152 Å². The fraction of sp³-hybridized carbons (Fsp3) is 0. The molecule has 0 aliphatic carbocycles. The largest absolute Gasteiger partial charge is 0.309 e. The molecule has 0 radical (unpaired) electrons. The highest BCUT2D eigenvalue weighted by atomic mass is 15.0. The Labute approximate surface area is 238 Å². The first-order valence-corrected chi connectivity index (χ1v) is 13.9. The summed E-state index contributed by atoms with van der Waals surface area (Å²) in [6.07, 6.45) is 0. The highest BCUT2D eigenvalue weighted by Crippen LogP contribution is 2.34. The van der Waals surface area contributed by atoms with Crippen molar-refractivity contribution in [2.24, 2.45) is 0 Å². The van der Waals surface area contributed by atoms with Crippen molar-refractivity contribution in [1.82, 2.24) is 14.5 Å². The van der Waals surface area contributed by atoms with Crippen LogP contribution in [0.3, 0.4) is 0 Å². The molecule has 3 heteroatoms. The molecule has 0 fully saturated rings. The predicted octanol–water partition coefficient (Wildman–Crippen LogP) is 9.73. The number of hydrogen-bond acceptors (Lipinski definition) is 2. The smallest absolute Gasteiger partial charge is 0.160 e. The van der Waals surface area contributed by atoms with Gasteiger partial charge in [-0.05, 0) is 41.5 Å². The Bertz CT molecular complexity index is 2120. The second kappa shape index (κ2) is 9.58. The molecule has 6 aromatic carbocycles. The van der Waals surface area contributed by atoms with Gasteiger partial charge in [-0.3, -0.25) is 0 Å². The van der Waals surface area contributed by atoms with Gasteiger partial charge in [-0.25, -0.2) is 9.97 Å². The molecule has 2 aromatic heterocycles. The van der Waals surface area contributed by atoms with Crippen molar-refractivity contribution < 1.29 is 0 Å². The summed E-state index contributed by atoms with van der Waals surface area (Å²) in [6.45, 7) is 0. The number of fused-ring (bicyclic) bond motifs is 4. The van der Waals surface area contributed by atoms with E-state index in [1.54, 1.807) is 0 Å². The van der Waals surface area contributed by atoms with E-state index in [1.165, 1.54) is 32.9 Å². The molecular weight excluding hydrogens is 498 g/mol. The molecule has 0 amide bonds. The standard InChI is InChI=1S/C38H25N3/c1-2-10-29(11-3-1)38-39-34-15-7-4-14-33(34)37(40-38)28-20-18-26(19-21-28)27-22-24-30(25-23-27)41-35-16-8-5-12-31(35)32-13-6-9-17-36(32)41/h1-25H. The molecule has 0 aliphatic heterocycles. The minimum absolute atomic E-state index is 0.740. The van der Waals surface area contributed by atoms with Crippen molar-refractivity contribution >= 4 is 32.7 Å². The molecule has 41 heavy (non-hydrogen) atoms. The van der Waals surface area contributed by atoms with Crippen LogP contribution >= 0.6 is 0 Å². The van der Waals surface area contributed by atoms with E-state index >= 15 is 0 Å². The maximum atomic E-state index is 5.02. The average Bonchev–Trinajstić information content (AvgIpc) is 3.39. The maximum Gasteiger partial charge on any atom is 0.160 e. The Kier molecular flexibility index (Phi) is 5.46. The highest BCUT2D eigenvalue weighted by molar-refractivity contribution is 6.09. The molecule has 0 unspecified atom stereocenters. The van der Waals surface area contributed by atoms with Crippen molar-refractivity contribution in [3.05, 3.63) is 152 Å². The number of rotatable bonds is 4. The summed E-state index contributed by atoms with van der Waals surface area (Å²) in [6, 6.07) is 53.2. The Morgan fingerprint density at radius 1 is 0.366 bits per heavy atom. The van der Waals surface area contributed by atoms with Crippen molar-refractivity contribution in [3.63, 3.8) is 0 Å². The molecule has 0 saturated carbocycles. The van der Waals surface area contributed by atoms with Gasteiger partial charge in [0.25, 0.3) is 0 Å². The van der Waals surface area contributed by atoms with Gasteiger partial charge >= 0.3 is 0 Å². The number of nitrogens with zero attached hydrogens (tertiary/aromatic N) is 3. The van der Waals surface area contributed by atoms with Crippen LogP contribution in [0.2, 0.25) is 0 Å². The van der Waals surface area contributed by atoms with E-state index in [4.69, 9.17) is 9.97 Å².